The largest absolute Gasteiger partial charge is 0.367 e. The Morgan fingerprint density at radius 3 is 2.70 bits per heavy atom. The van der Waals surface area contributed by atoms with Crippen molar-refractivity contribution in [3.05, 3.63) is 64.7 Å². The molecule has 0 aromatic heterocycles. The van der Waals surface area contributed by atoms with Gasteiger partial charge in [0.1, 0.15) is 11.6 Å². The molecule has 0 amide bonds. The molecule has 1 fully saturated rings. The lowest BCUT2D eigenvalue weighted by atomic mass is 9.88. The minimum atomic E-state index is -0.567. The highest BCUT2D eigenvalue weighted by molar-refractivity contribution is 6.30. The van der Waals surface area contributed by atoms with Crippen LogP contribution >= 0.6 is 11.6 Å². The zero-order valence-electron chi connectivity index (χ0n) is 12.7. The Morgan fingerprint density at radius 2 is 1.96 bits per heavy atom. The van der Waals surface area contributed by atoms with E-state index in [4.69, 9.17) is 17.3 Å². The number of benzene rings is 2. The third kappa shape index (κ3) is 4.01. The first-order valence-corrected chi connectivity index (χ1v) is 8.09. The van der Waals surface area contributed by atoms with E-state index in [0.29, 0.717) is 29.7 Å². The molecule has 2 unspecified atom stereocenters. The van der Waals surface area contributed by atoms with Crippen LogP contribution in [-0.4, -0.2) is 19.1 Å². The van der Waals surface area contributed by atoms with Crippen LogP contribution in [0.1, 0.15) is 12.0 Å². The molecule has 5 heteroatoms. The van der Waals surface area contributed by atoms with Crippen LogP contribution in [0.5, 0.6) is 0 Å². The number of hydrogen-bond donors (Lipinski definition) is 1. The molecular weight excluding hydrogens is 318 g/mol. The molecule has 2 nitrogen and oxygen atoms in total. The predicted octanol–water partition coefficient (Wildman–Crippen LogP) is 4.01. The smallest absolute Gasteiger partial charge is 0.149 e. The van der Waals surface area contributed by atoms with Crippen molar-refractivity contribution >= 4 is 17.3 Å². The van der Waals surface area contributed by atoms with E-state index in [1.54, 1.807) is 0 Å². The van der Waals surface area contributed by atoms with E-state index < -0.39 is 11.6 Å². The summed E-state index contributed by atoms with van der Waals surface area (Å²) in [6.45, 7) is 1.28. The minimum absolute atomic E-state index is 0.0302. The van der Waals surface area contributed by atoms with E-state index in [0.717, 1.165) is 24.5 Å². The Hall–Kier alpha value is -1.65. The highest BCUT2D eigenvalue weighted by Crippen LogP contribution is 2.28. The van der Waals surface area contributed by atoms with Crippen molar-refractivity contribution in [2.45, 2.75) is 18.9 Å². The Morgan fingerprint density at radius 1 is 1.13 bits per heavy atom. The topological polar surface area (TPSA) is 29.3 Å². The Balaban J connectivity index is 1.76. The number of rotatable bonds is 3. The Bertz CT molecular complexity index is 692. The van der Waals surface area contributed by atoms with E-state index >= 15 is 0 Å². The maximum atomic E-state index is 14.0. The van der Waals surface area contributed by atoms with Gasteiger partial charge >= 0.3 is 0 Å². The van der Waals surface area contributed by atoms with Crippen molar-refractivity contribution in [3.8, 4) is 0 Å². The molecule has 1 aliphatic rings. The zero-order valence-corrected chi connectivity index (χ0v) is 13.4. The number of piperidine rings is 1. The van der Waals surface area contributed by atoms with Crippen molar-refractivity contribution < 1.29 is 8.78 Å². The predicted molar refractivity (Wildman–Crippen MR) is 89.8 cm³/mol. The van der Waals surface area contributed by atoms with Crippen molar-refractivity contribution in [3.63, 3.8) is 0 Å². The third-order valence-electron chi connectivity index (χ3n) is 4.23. The van der Waals surface area contributed by atoms with Crippen LogP contribution in [0.2, 0.25) is 5.02 Å². The van der Waals surface area contributed by atoms with Crippen LogP contribution in [0, 0.1) is 17.6 Å². The Labute approximate surface area is 139 Å². The average Bonchev–Trinajstić information content (AvgIpc) is 2.46. The molecule has 1 aliphatic heterocycles. The van der Waals surface area contributed by atoms with Gasteiger partial charge in [-0.2, -0.15) is 0 Å². The molecule has 2 aromatic rings. The monoisotopic (exact) mass is 336 g/mol. The standard InChI is InChI=1S/C18H19ClF2N2/c19-14-3-1-2-12(7-14)6-13-8-16(22)11-23(10-13)18-5-4-15(20)9-17(18)21/h1-5,7,9,13,16H,6,8,10-11,22H2. The first kappa shape index (κ1) is 16.2. The molecule has 1 heterocycles. The highest BCUT2D eigenvalue weighted by atomic mass is 35.5. The van der Waals surface area contributed by atoms with Gasteiger partial charge in [-0.1, -0.05) is 23.7 Å². The van der Waals surface area contributed by atoms with Crippen LogP contribution < -0.4 is 10.6 Å². The van der Waals surface area contributed by atoms with Crippen LogP contribution in [0.25, 0.3) is 0 Å². The molecule has 23 heavy (non-hydrogen) atoms. The lowest BCUT2D eigenvalue weighted by molar-refractivity contribution is 0.372. The first-order valence-electron chi connectivity index (χ1n) is 7.71. The summed E-state index contributed by atoms with van der Waals surface area (Å²) in [6, 6.07) is 11.4. The maximum absolute atomic E-state index is 14.0. The van der Waals surface area contributed by atoms with Gasteiger partial charge in [0, 0.05) is 30.2 Å². The fraction of sp³-hybridized carbons (Fsp3) is 0.333. The maximum Gasteiger partial charge on any atom is 0.149 e. The van der Waals surface area contributed by atoms with Gasteiger partial charge in [0.05, 0.1) is 5.69 Å². The van der Waals surface area contributed by atoms with Crippen LogP contribution in [0.4, 0.5) is 14.5 Å². The molecule has 0 aliphatic carbocycles. The van der Waals surface area contributed by atoms with Gasteiger partial charge in [0.25, 0.3) is 0 Å². The van der Waals surface area contributed by atoms with Gasteiger partial charge in [-0.05, 0) is 48.6 Å². The third-order valence-corrected chi connectivity index (χ3v) is 4.47. The lowest BCUT2D eigenvalue weighted by Gasteiger charge is -2.38. The van der Waals surface area contributed by atoms with Crippen LogP contribution in [0.3, 0.4) is 0 Å². The van der Waals surface area contributed by atoms with Crippen molar-refractivity contribution in [2.75, 3.05) is 18.0 Å². The lowest BCUT2D eigenvalue weighted by Crippen LogP contribution is -2.48. The van der Waals surface area contributed by atoms with E-state index in [1.807, 2.05) is 29.2 Å². The highest BCUT2D eigenvalue weighted by Gasteiger charge is 2.27. The molecule has 3 rings (SSSR count). The number of hydrogen-bond acceptors (Lipinski definition) is 2. The number of nitrogens with two attached hydrogens (primary N) is 1. The van der Waals surface area contributed by atoms with E-state index in [1.165, 1.54) is 12.1 Å². The summed E-state index contributed by atoms with van der Waals surface area (Å²) in [5.41, 5.74) is 7.72. The summed E-state index contributed by atoms with van der Waals surface area (Å²) in [4.78, 5) is 1.91. The first-order chi connectivity index (χ1) is 11.0. The van der Waals surface area contributed by atoms with Crippen molar-refractivity contribution in [2.24, 2.45) is 11.7 Å². The summed E-state index contributed by atoms with van der Waals surface area (Å²) >= 11 is 6.03. The quantitative estimate of drug-likeness (QED) is 0.917. The van der Waals surface area contributed by atoms with E-state index in [-0.39, 0.29) is 6.04 Å². The van der Waals surface area contributed by atoms with E-state index in [9.17, 15) is 8.78 Å². The number of nitrogens with zero attached hydrogens (tertiary/aromatic N) is 1. The summed E-state index contributed by atoms with van der Waals surface area (Å²) in [5, 5.41) is 0.712. The second-order valence-electron chi connectivity index (χ2n) is 6.20. The van der Waals surface area contributed by atoms with Crippen LogP contribution in [-0.2, 0) is 6.42 Å². The zero-order chi connectivity index (χ0) is 16.4. The van der Waals surface area contributed by atoms with Crippen molar-refractivity contribution in [1.82, 2.24) is 0 Å². The van der Waals surface area contributed by atoms with Gasteiger partial charge in [-0.3, -0.25) is 0 Å². The minimum Gasteiger partial charge on any atom is -0.367 e. The summed E-state index contributed by atoms with van der Waals surface area (Å²) in [5.74, 6) is -0.801. The normalized spacial score (nSPS) is 21.5. The molecule has 122 valence electrons. The molecule has 0 spiro atoms. The molecule has 2 N–H and O–H groups in total. The second kappa shape index (κ2) is 6.85. The molecule has 0 bridgehead atoms. The van der Waals surface area contributed by atoms with Gasteiger partial charge < -0.3 is 10.6 Å². The molecule has 0 saturated carbocycles. The molecular formula is C18H19ClF2N2. The summed E-state index contributed by atoms with van der Waals surface area (Å²) in [7, 11) is 0. The fourth-order valence-electron chi connectivity index (χ4n) is 3.33. The summed E-state index contributed by atoms with van der Waals surface area (Å²) in [6.07, 6.45) is 1.72. The van der Waals surface area contributed by atoms with Crippen molar-refractivity contribution in [1.29, 1.82) is 0 Å². The molecule has 2 aromatic carbocycles. The summed E-state index contributed by atoms with van der Waals surface area (Å²) < 4.78 is 27.1. The van der Waals surface area contributed by atoms with Gasteiger partial charge in [0.2, 0.25) is 0 Å². The van der Waals surface area contributed by atoms with Gasteiger partial charge in [-0.25, -0.2) is 8.78 Å². The van der Waals surface area contributed by atoms with Crippen LogP contribution in [0.15, 0.2) is 42.5 Å². The SMILES string of the molecule is NC1CC(Cc2cccc(Cl)c2)CN(c2ccc(F)cc2F)C1. The van der Waals surface area contributed by atoms with E-state index in [2.05, 4.69) is 0 Å². The average molecular weight is 337 g/mol. The number of anilines is 1. The fourth-order valence-corrected chi connectivity index (χ4v) is 3.54. The Kier molecular flexibility index (Phi) is 4.83. The second-order valence-corrected chi connectivity index (χ2v) is 6.63. The number of halogens is 3. The van der Waals surface area contributed by atoms with Gasteiger partial charge in [0.15, 0.2) is 0 Å². The van der Waals surface area contributed by atoms with Gasteiger partial charge in [-0.15, -0.1) is 0 Å². The molecule has 1 saturated heterocycles. The molecule has 2 atom stereocenters. The molecule has 0 radical (unpaired) electrons.